The zero-order valence-electron chi connectivity index (χ0n) is 11.1. The van der Waals surface area contributed by atoms with Gasteiger partial charge >= 0.3 is 0 Å². The molecule has 1 unspecified atom stereocenters. The lowest BCUT2D eigenvalue weighted by Gasteiger charge is -2.35. The first-order valence-electron chi connectivity index (χ1n) is 6.06. The third-order valence-corrected chi connectivity index (χ3v) is 11.3. The van der Waals surface area contributed by atoms with Crippen LogP contribution in [-0.4, -0.2) is 21.4 Å². The minimum atomic E-state index is -1.46. The molecule has 1 heterocycles. The highest BCUT2D eigenvalue weighted by atomic mass is 32.1. The molecule has 0 aliphatic carbocycles. The van der Waals surface area contributed by atoms with Crippen LogP contribution in [0.15, 0.2) is 17.5 Å². The van der Waals surface area contributed by atoms with E-state index in [0.717, 1.165) is 17.7 Å². The smallest absolute Gasteiger partial charge is 0.130 e. The maximum absolute atomic E-state index is 5.56. The first-order chi connectivity index (χ1) is 7.53. The molecule has 0 aromatic carbocycles. The molecule has 0 saturated heterocycles. The van der Waals surface area contributed by atoms with Gasteiger partial charge in [-0.1, -0.05) is 39.8 Å². The Bertz CT molecular complexity index is 295. The highest BCUT2D eigenvalue weighted by Gasteiger charge is 2.40. The van der Waals surface area contributed by atoms with Crippen LogP contribution in [0, 0.1) is 5.92 Å². The zero-order valence-corrected chi connectivity index (χ0v) is 12.9. The molecule has 92 valence electrons. The quantitative estimate of drug-likeness (QED) is 0.706. The molecule has 0 radical (unpaired) electrons. The van der Waals surface area contributed by atoms with Crippen LogP contribution in [0.3, 0.4) is 0 Å². The van der Waals surface area contributed by atoms with E-state index in [2.05, 4.69) is 45.2 Å². The fourth-order valence-corrected chi connectivity index (χ4v) is 9.44. The van der Waals surface area contributed by atoms with Gasteiger partial charge in [0, 0.05) is 13.3 Å². The summed E-state index contributed by atoms with van der Waals surface area (Å²) >= 11 is 1.92. The van der Waals surface area contributed by atoms with E-state index < -0.39 is 8.07 Å². The molecule has 0 spiro atoms. The van der Waals surface area contributed by atoms with Crippen molar-refractivity contribution in [2.24, 2.45) is 5.92 Å². The van der Waals surface area contributed by atoms with Crippen LogP contribution in [0.25, 0.3) is 0 Å². The Balaban J connectivity index is 3.06. The fraction of sp³-hybridized carbons (Fsp3) is 0.692. The van der Waals surface area contributed by atoms with E-state index in [-0.39, 0.29) is 0 Å². The summed E-state index contributed by atoms with van der Waals surface area (Å²) in [4.78, 5) is 0. The topological polar surface area (TPSA) is 9.23 Å². The van der Waals surface area contributed by atoms with Crippen molar-refractivity contribution in [2.75, 3.05) is 13.3 Å². The van der Waals surface area contributed by atoms with Crippen LogP contribution in [0.4, 0.5) is 0 Å². The van der Waals surface area contributed by atoms with Crippen LogP contribution < -0.4 is 4.50 Å². The van der Waals surface area contributed by atoms with Crippen molar-refractivity contribution in [2.45, 2.75) is 39.3 Å². The molecule has 0 bridgehead atoms. The second-order valence-corrected chi connectivity index (χ2v) is 11.3. The number of hydrogen-bond acceptors (Lipinski definition) is 2. The van der Waals surface area contributed by atoms with Crippen LogP contribution in [0.1, 0.15) is 27.7 Å². The molecule has 0 N–H and O–H groups in total. The number of hydrogen-bond donors (Lipinski definition) is 0. The lowest BCUT2D eigenvalue weighted by molar-refractivity contribution is 0.244. The minimum absolute atomic E-state index is 0.744. The van der Waals surface area contributed by atoms with Crippen molar-refractivity contribution in [3.8, 4) is 0 Å². The molecule has 0 fully saturated rings. The molecule has 0 amide bonds. The Labute approximate surface area is 105 Å². The lowest BCUT2D eigenvalue weighted by Crippen LogP contribution is -2.54. The average Bonchev–Trinajstić information content (AvgIpc) is 2.68. The van der Waals surface area contributed by atoms with Gasteiger partial charge in [0.2, 0.25) is 0 Å². The average molecular weight is 256 g/mol. The van der Waals surface area contributed by atoms with Gasteiger partial charge in [-0.2, -0.15) is 11.3 Å². The summed E-state index contributed by atoms with van der Waals surface area (Å²) in [7, 11) is 0.382. The molecular weight excluding hydrogens is 232 g/mol. The second-order valence-electron chi connectivity index (χ2n) is 5.32. The second kappa shape index (κ2) is 5.99. The van der Waals surface area contributed by atoms with E-state index in [9.17, 15) is 0 Å². The molecule has 1 aromatic rings. The van der Waals surface area contributed by atoms with Gasteiger partial charge in [-0.05, 0) is 27.4 Å². The van der Waals surface area contributed by atoms with Crippen LogP contribution >= 0.6 is 11.3 Å². The molecule has 1 rings (SSSR count). The Morgan fingerprint density at radius 2 is 2.00 bits per heavy atom. The van der Waals surface area contributed by atoms with Gasteiger partial charge in [-0.3, -0.25) is 0 Å². The first kappa shape index (κ1) is 13.9. The maximum atomic E-state index is 5.56. The zero-order chi connectivity index (χ0) is 12.2. The van der Waals surface area contributed by atoms with Gasteiger partial charge in [0.1, 0.15) is 8.07 Å². The summed E-state index contributed by atoms with van der Waals surface area (Å²) < 4.78 is 7.17. The third kappa shape index (κ3) is 2.96. The number of thiophene rings is 1. The highest BCUT2D eigenvalue weighted by Crippen LogP contribution is 2.30. The molecule has 0 aliphatic rings. The predicted molar refractivity (Wildman–Crippen MR) is 76.3 cm³/mol. The van der Waals surface area contributed by atoms with Gasteiger partial charge in [0.05, 0.1) is 0 Å². The van der Waals surface area contributed by atoms with Crippen molar-refractivity contribution < 1.29 is 4.74 Å². The van der Waals surface area contributed by atoms with E-state index in [1.165, 1.54) is 6.04 Å². The first-order valence-corrected chi connectivity index (χ1v) is 9.43. The van der Waals surface area contributed by atoms with Gasteiger partial charge in [0.25, 0.3) is 0 Å². The third-order valence-electron chi connectivity index (χ3n) is 3.29. The van der Waals surface area contributed by atoms with Crippen molar-refractivity contribution in [3.05, 3.63) is 17.5 Å². The molecule has 1 atom stereocenters. The van der Waals surface area contributed by atoms with Gasteiger partial charge < -0.3 is 4.74 Å². The van der Waals surface area contributed by atoms with E-state index in [1.807, 2.05) is 18.4 Å². The standard InChI is InChI=1S/C13H24OSSi/c1-11(2)9-16(10-14-5,12(3)4)13-7-6-8-15-13/h6-8,11-12H,9-10H2,1-5H3. The van der Waals surface area contributed by atoms with Crippen molar-refractivity contribution >= 4 is 23.9 Å². The Hall–Kier alpha value is -0.123. The summed E-state index contributed by atoms with van der Waals surface area (Å²) in [6.07, 6.45) is 0.962. The number of methoxy groups -OCH3 is 1. The molecule has 1 nitrogen and oxygen atoms in total. The lowest BCUT2D eigenvalue weighted by atomic mass is 10.3. The Kier molecular flexibility index (Phi) is 5.22. The SMILES string of the molecule is COC[Si](CC(C)C)(c1cccs1)C(C)C. The van der Waals surface area contributed by atoms with E-state index in [0.29, 0.717) is 0 Å². The van der Waals surface area contributed by atoms with E-state index >= 15 is 0 Å². The monoisotopic (exact) mass is 256 g/mol. The predicted octanol–water partition coefficient (Wildman–Crippen LogP) is 3.66. The molecule has 0 saturated carbocycles. The van der Waals surface area contributed by atoms with Crippen molar-refractivity contribution in [3.63, 3.8) is 0 Å². The van der Waals surface area contributed by atoms with Gasteiger partial charge in [0.15, 0.2) is 0 Å². The number of rotatable bonds is 6. The van der Waals surface area contributed by atoms with E-state index in [1.54, 1.807) is 4.50 Å². The van der Waals surface area contributed by atoms with Crippen molar-refractivity contribution in [1.29, 1.82) is 0 Å². The maximum Gasteiger partial charge on any atom is 0.130 e. The molecule has 0 aliphatic heterocycles. The van der Waals surface area contributed by atoms with E-state index in [4.69, 9.17) is 4.74 Å². The van der Waals surface area contributed by atoms with Gasteiger partial charge in [-0.25, -0.2) is 0 Å². The summed E-state index contributed by atoms with van der Waals surface area (Å²) in [5.74, 6) is 0.756. The van der Waals surface area contributed by atoms with Crippen LogP contribution in [0.2, 0.25) is 11.6 Å². The van der Waals surface area contributed by atoms with Crippen LogP contribution in [-0.2, 0) is 4.74 Å². The Morgan fingerprint density at radius 1 is 1.31 bits per heavy atom. The van der Waals surface area contributed by atoms with Gasteiger partial charge in [-0.15, -0.1) is 0 Å². The summed E-state index contributed by atoms with van der Waals surface area (Å²) in [5.41, 5.74) is 0.744. The number of ether oxygens (including phenoxy) is 1. The summed E-state index contributed by atoms with van der Waals surface area (Å²) in [5, 5.41) is 2.20. The molecular formula is C13H24OSSi. The highest BCUT2D eigenvalue weighted by molar-refractivity contribution is 7.26. The summed E-state index contributed by atoms with van der Waals surface area (Å²) in [6, 6.07) is 5.83. The Morgan fingerprint density at radius 3 is 2.38 bits per heavy atom. The normalized spacial score (nSPS) is 15.7. The fourth-order valence-electron chi connectivity index (χ4n) is 2.47. The molecule has 1 aromatic heterocycles. The van der Waals surface area contributed by atoms with Crippen LogP contribution in [0.5, 0.6) is 0 Å². The summed E-state index contributed by atoms with van der Waals surface area (Å²) in [6.45, 7) is 9.39. The molecule has 3 heteroatoms. The largest absolute Gasteiger partial charge is 0.388 e. The van der Waals surface area contributed by atoms with Crippen molar-refractivity contribution in [1.82, 2.24) is 0 Å². The molecule has 16 heavy (non-hydrogen) atoms. The minimum Gasteiger partial charge on any atom is -0.388 e.